The number of hydrogen-bond acceptors (Lipinski definition) is 3. The number of nitrogens with one attached hydrogen (secondary N) is 1. The van der Waals surface area contributed by atoms with Gasteiger partial charge in [-0.05, 0) is 28.9 Å². The summed E-state index contributed by atoms with van der Waals surface area (Å²) in [6, 6.07) is 0. The monoisotopic (exact) mass is 329 g/mol. The lowest BCUT2D eigenvalue weighted by atomic mass is 10.1. The molecule has 0 aliphatic rings. The number of nitrogens with two attached hydrogens (primary N) is 1. The van der Waals surface area contributed by atoms with E-state index in [2.05, 4.69) is 39.8 Å². The highest BCUT2D eigenvalue weighted by atomic mass is 79.9. The molecule has 0 bridgehead atoms. The molecule has 1 aromatic rings. The van der Waals surface area contributed by atoms with Crippen molar-refractivity contribution in [3.8, 4) is 0 Å². The summed E-state index contributed by atoms with van der Waals surface area (Å²) in [5, 5.41) is 12.0. The van der Waals surface area contributed by atoms with Crippen molar-refractivity contribution in [2.45, 2.75) is 33.7 Å². The SMILES string of the molecule is CCc1nn(C)c(CN(CC)CC(C)C(=N)N)c1Br. The van der Waals surface area contributed by atoms with E-state index in [4.69, 9.17) is 11.1 Å². The first-order valence-corrected chi connectivity index (χ1v) is 7.46. The Hall–Kier alpha value is -0.880. The maximum absolute atomic E-state index is 7.49. The molecule has 3 N–H and O–H groups in total. The fourth-order valence-electron chi connectivity index (χ4n) is 1.99. The molecule has 1 unspecified atom stereocenters. The van der Waals surface area contributed by atoms with Crippen LogP contribution >= 0.6 is 15.9 Å². The minimum atomic E-state index is 0.0811. The predicted molar refractivity (Wildman–Crippen MR) is 82.3 cm³/mol. The highest BCUT2D eigenvalue weighted by Crippen LogP contribution is 2.23. The van der Waals surface area contributed by atoms with Gasteiger partial charge in [0.2, 0.25) is 0 Å². The van der Waals surface area contributed by atoms with Crippen LogP contribution in [-0.2, 0) is 20.0 Å². The van der Waals surface area contributed by atoms with Crippen molar-refractivity contribution < 1.29 is 0 Å². The van der Waals surface area contributed by atoms with E-state index in [9.17, 15) is 0 Å². The van der Waals surface area contributed by atoms with Crippen LogP contribution in [0.25, 0.3) is 0 Å². The molecule has 0 saturated carbocycles. The van der Waals surface area contributed by atoms with E-state index in [-0.39, 0.29) is 11.8 Å². The van der Waals surface area contributed by atoms with Crippen LogP contribution < -0.4 is 5.73 Å². The first kappa shape index (κ1) is 16.2. The predicted octanol–water partition coefficient (Wildman–Crippen LogP) is 2.14. The molecule has 0 saturated heterocycles. The molecule has 5 nitrogen and oxygen atoms in total. The van der Waals surface area contributed by atoms with E-state index in [1.54, 1.807) is 0 Å². The number of aryl methyl sites for hydroxylation is 2. The van der Waals surface area contributed by atoms with Crippen molar-refractivity contribution in [1.29, 1.82) is 5.41 Å². The lowest BCUT2D eigenvalue weighted by molar-refractivity contribution is 0.256. The molecule has 0 aliphatic carbocycles. The van der Waals surface area contributed by atoms with Crippen molar-refractivity contribution >= 4 is 21.8 Å². The summed E-state index contributed by atoms with van der Waals surface area (Å²) < 4.78 is 3.04. The van der Waals surface area contributed by atoms with Crippen LogP contribution in [0, 0.1) is 11.3 Å². The van der Waals surface area contributed by atoms with E-state index < -0.39 is 0 Å². The molecular weight excluding hydrogens is 306 g/mol. The van der Waals surface area contributed by atoms with Crippen LogP contribution in [0.5, 0.6) is 0 Å². The van der Waals surface area contributed by atoms with Crippen molar-refractivity contribution in [3.05, 3.63) is 15.9 Å². The zero-order chi connectivity index (χ0) is 14.6. The zero-order valence-corrected chi connectivity index (χ0v) is 13.8. The van der Waals surface area contributed by atoms with Gasteiger partial charge in [0.25, 0.3) is 0 Å². The molecule has 0 aromatic carbocycles. The Balaban J connectivity index is 2.81. The first-order valence-electron chi connectivity index (χ1n) is 6.67. The van der Waals surface area contributed by atoms with Gasteiger partial charge in [-0.3, -0.25) is 15.0 Å². The number of halogens is 1. The van der Waals surface area contributed by atoms with Gasteiger partial charge in [-0.1, -0.05) is 20.8 Å². The summed E-state index contributed by atoms with van der Waals surface area (Å²) in [7, 11) is 1.97. The molecular formula is C13H24BrN5. The number of hydrogen-bond donors (Lipinski definition) is 2. The first-order chi connectivity index (χ1) is 8.90. The normalized spacial score (nSPS) is 12.9. The molecule has 0 amide bonds. The highest BCUT2D eigenvalue weighted by molar-refractivity contribution is 9.10. The van der Waals surface area contributed by atoms with Gasteiger partial charge in [0.05, 0.1) is 21.7 Å². The van der Waals surface area contributed by atoms with Gasteiger partial charge in [0.15, 0.2) is 0 Å². The van der Waals surface area contributed by atoms with Gasteiger partial charge >= 0.3 is 0 Å². The third-order valence-corrected chi connectivity index (χ3v) is 4.30. The average molecular weight is 330 g/mol. The number of rotatable bonds is 7. The Bertz CT molecular complexity index is 440. The van der Waals surface area contributed by atoms with E-state index >= 15 is 0 Å². The third-order valence-electron chi connectivity index (χ3n) is 3.39. The Morgan fingerprint density at radius 3 is 2.58 bits per heavy atom. The van der Waals surface area contributed by atoms with Crippen LogP contribution in [0.3, 0.4) is 0 Å². The van der Waals surface area contributed by atoms with Crippen molar-refractivity contribution in [2.24, 2.45) is 18.7 Å². The molecule has 0 radical (unpaired) electrons. The van der Waals surface area contributed by atoms with Crippen LogP contribution in [0.15, 0.2) is 4.47 Å². The van der Waals surface area contributed by atoms with E-state index in [1.807, 2.05) is 18.7 Å². The quantitative estimate of drug-likeness (QED) is 0.594. The average Bonchev–Trinajstić information content (AvgIpc) is 2.64. The zero-order valence-electron chi connectivity index (χ0n) is 12.2. The van der Waals surface area contributed by atoms with Crippen LogP contribution in [0.4, 0.5) is 0 Å². The fraction of sp³-hybridized carbons (Fsp3) is 0.692. The molecule has 1 aromatic heterocycles. The van der Waals surface area contributed by atoms with Gasteiger partial charge in [-0.2, -0.15) is 5.10 Å². The summed E-state index contributed by atoms with van der Waals surface area (Å²) in [5.74, 6) is 0.328. The molecule has 1 rings (SSSR count). The minimum absolute atomic E-state index is 0.0811. The summed E-state index contributed by atoms with van der Waals surface area (Å²) in [5.41, 5.74) is 7.81. The summed E-state index contributed by atoms with van der Waals surface area (Å²) in [4.78, 5) is 2.28. The fourth-order valence-corrected chi connectivity index (χ4v) is 2.74. The summed E-state index contributed by atoms with van der Waals surface area (Å²) in [6.07, 6.45) is 0.921. The van der Waals surface area contributed by atoms with Crippen molar-refractivity contribution in [3.63, 3.8) is 0 Å². The lowest BCUT2D eigenvalue weighted by Crippen LogP contribution is -2.34. The largest absolute Gasteiger partial charge is 0.387 e. The standard InChI is InChI=1S/C13H24BrN5/c1-5-10-12(14)11(18(4)17-10)8-19(6-2)7-9(3)13(15)16/h9H,5-8H2,1-4H3,(H3,15,16). The second kappa shape index (κ2) is 7.05. The van der Waals surface area contributed by atoms with Crippen LogP contribution in [-0.4, -0.2) is 33.6 Å². The maximum atomic E-state index is 7.49. The molecule has 0 fully saturated rings. The van der Waals surface area contributed by atoms with Crippen LogP contribution in [0.1, 0.15) is 32.2 Å². The molecule has 1 heterocycles. The van der Waals surface area contributed by atoms with E-state index in [1.165, 1.54) is 5.69 Å². The van der Waals surface area contributed by atoms with Gasteiger partial charge in [0.1, 0.15) is 0 Å². The van der Waals surface area contributed by atoms with Gasteiger partial charge in [-0.25, -0.2) is 0 Å². The Labute approximate surface area is 123 Å². The Morgan fingerprint density at radius 2 is 2.16 bits per heavy atom. The minimum Gasteiger partial charge on any atom is -0.387 e. The molecule has 0 spiro atoms. The molecule has 108 valence electrons. The maximum Gasteiger partial charge on any atom is 0.0947 e. The third kappa shape index (κ3) is 4.04. The molecule has 6 heteroatoms. The van der Waals surface area contributed by atoms with Crippen molar-refractivity contribution in [2.75, 3.05) is 13.1 Å². The highest BCUT2D eigenvalue weighted by Gasteiger charge is 2.17. The lowest BCUT2D eigenvalue weighted by Gasteiger charge is -2.23. The topological polar surface area (TPSA) is 70.9 Å². The van der Waals surface area contributed by atoms with Crippen LogP contribution in [0.2, 0.25) is 0 Å². The van der Waals surface area contributed by atoms with Gasteiger partial charge < -0.3 is 5.73 Å². The molecule has 19 heavy (non-hydrogen) atoms. The summed E-state index contributed by atoms with van der Waals surface area (Å²) >= 11 is 3.64. The van der Waals surface area contributed by atoms with Crippen molar-refractivity contribution in [1.82, 2.24) is 14.7 Å². The second-order valence-corrected chi connectivity index (χ2v) is 5.66. The molecule has 1 atom stereocenters. The number of amidine groups is 1. The van der Waals surface area contributed by atoms with Gasteiger partial charge in [0, 0.05) is 26.1 Å². The number of aromatic nitrogens is 2. The second-order valence-electron chi connectivity index (χ2n) is 4.87. The van der Waals surface area contributed by atoms with E-state index in [0.717, 1.165) is 36.2 Å². The Morgan fingerprint density at radius 1 is 1.53 bits per heavy atom. The van der Waals surface area contributed by atoms with Gasteiger partial charge in [-0.15, -0.1) is 0 Å². The van der Waals surface area contributed by atoms with E-state index in [0.29, 0.717) is 0 Å². The number of nitrogens with zero attached hydrogens (tertiary/aromatic N) is 3. The summed E-state index contributed by atoms with van der Waals surface area (Å²) in [6.45, 7) is 8.75. The Kier molecular flexibility index (Phi) is 6.00. The molecule has 0 aliphatic heterocycles. The smallest absolute Gasteiger partial charge is 0.0947 e.